The molecule has 0 aliphatic rings. The number of methoxy groups -OCH3 is 1. The van der Waals surface area contributed by atoms with Gasteiger partial charge >= 0.3 is 0 Å². The minimum absolute atomic E-state index is 0.0479. The van der Waals surface area contributed by atoms with Crippen molar-refractivity contribution in [3.05, 3.63) is 102 Å². The first kappa shape index (κ1) is 28.9. The number of carbonyl (C=O) groups excluding carboxylic acids is 2. The van der Waals surface area contributed by atoms with E-state index < -0.39 is 28.5 Å². The van der Waals surface area contributed by atoms with E-state index in [0.29, 0.717) is 12.3 Å². The van der Waals surface area contributed by atoms with Gasteiger partial charge in [0.25, 0.3) is 0 Å². The second-order valence-electron chi connectivity index (χ2n) is 8.99. The quantitative estimate of drug-likeness (QED) is 0.361. The van der Waals surface area contributed by atoms with Gasteiger partial charge in [-0.25, -0.2) is 8.42 Å². The Morgan fingerprint density at radius 2 is 1.39 bits per heavy atom. The van der Waals surface area contributed by atoms with Gasteiger partial charge < -0.3 is 15.0 Å². The van der Waals surface area contributed by atoms with Crippen LogP contribution in [0.15, 0.2) is 84.9 Å². The van der Waals surface area contributed by atoms with Crippen molar-refractivity contribution in [3.63, 3.8) is 0 Å². The highest BCUT2D eigenvalue weighted by atomic mass is 32.2. The lowest BCUT2D eigenvalue weighted by atomic mass is 10.0. The van der Waals surface area contributed by atoms with Crippen molar-refractivity contribution in [2.45, 2.75) is 32.5 Å². The molecule has 0 fully saturated rings. The Bertz CT molecular complexity index is 1280. The van der Waals surface area contributed by atoms with Crippen molar-refractivity contribution in [2.75, 3.05) is 26.5 Å². The third-order valence-electron chi connectivity index (χ3n) is 6.12. The van der Waals surface area contributed by atoms with Gasteiger partial charge in [0.2, 0.25) is 21.8 Å². The normalized spacial score (nSPS) is 12.1. The zero-order valence-corrected chi connectivity index (χ0v) is 22.9. The molecule has 2 amide bonds. The summed E-state index contributed by atoms with van der Waals surface area (Å²) in [7, 11) is -2.15. The van der Waals surface area contributed by atoms with Crippen LogP contribution in [0.25, 0.3) is 0 Å². The summed E-state index contributed by atoms with van der Waals surface area (Å²) in [5.41, 5.74) is 2.44. The van der Waals surface area contributed by atoms with Gasteiger partial charge in [-0.1, -0.05) is 72.8 Å². The van der Waals surface area contributed by atoms with Gasteiger partial charge in [0, 0.05) is 26.1 Å². The second-order valence-corrected chi connectivity index (χ2v) is 11.0. The average Bonchev–Trinajstić information content (AvgIpc) is 2.91. The smallest absolute Gasteiger partial charge is 0.243 e. The summed E-state index contributed by atoms with van der Waals surface area (Å²) in [5.74, 6) is -0.0937. The number of sulfonamides is 1. The number of nitrogens with zero attached hydrogens (tertiary/aromatic N) is 2. The number of hydrogen-bond donors (Lipinski definition) is 1. The Morgan fingerprint density at radius 3 is 1.92 bits per heavy atom. The lowest BCUT2D eigenvalue weighted by Crippen LogP contribution is -2.53. The molecule has 3 rings (SSSR count). The van der Waals surface area contributed by atoms with Crippen LogP contribution in [-0.4, -0.2) is 61.9 Å². The number of carbonyl (C=O) groups is 2. The van der Waals surface area contributed by atoms with Gasteiger partial charge in [-0.3, -0.25) is 9.59 Å². The molecule has 0 heterocycles. The fourth-order valence-electron chi connectivity index (χ4n) is 4.09. The first-order chi connectivity index (χ1) is 18.2. The summed E-state index contributed by atoms with van der Waals surface area (Å²) >= 11 is 0. The van der Waals surface area contributed by atoms with Crippen LogP contribution < -0.4 is 10.1 Å². The van der Waals surface area contributed by atoms with E-state index in [1.54, 1.807) is 19.2 Å². The van der Waals surface area contributed by atoms with Crippen molar-refractivity contribution in [1.29, 1.82) is 0 Å². The third-order valence-corrected chi connectivity index (χ3v) is 7.31. The number of nitrogens with one attached hydrogen (secondary N) is 1. The van der Waals surface area contributed by atoms with Crippen LogP contribution in [0.3, 0.4) is 0 Å². The summed E-state index contributed by atoms with van der Waals surface area (Å²) in [6, 6.07) is 24.9. The van der Waals surface area contributed by atoms with Crippen LogP contribution >= 0.6 is 0 Å². The molecule has 0 aliphatic carbocycles. The first-order valence-electron chi connectivity index (χ1n) is 12.4. The molecule has 0 unspecified atom stereocenters. The van der Waals surface area contributed by atoms with Gasteiger partial charge in [0.05, 0.1) is 19.9 Å². The zero-order valence-electron chi connectivity index (χ0n) is 22.0. The molecule has 0 bridgehead atoms. The molecule has 38 heavy (non-hydrogen) atoms. The summed E-state index contributed by atoms with van der Waals surface area (Å²) in [5, 5.41) is 2.84. The molecule has 202 valence electrons. The Labute approximate surface area is 225 Å². The highest BCUT2D eigenvalue weighted by Gasteiger charge is 2.32. The Kier molecular flexibility index (Phi) is 10.4. The number of rotatable bonds is 13. The van der Waals surface area contributed by atoms with Gasteiger partial charge in [-0.15, -0.1) is 0 Å². The number of hydrogen-bond acceptors (Lipinski definition) is 5. The molecule has 0 saturated carbocycles. The second kappa shape index (κ2) is 13.7. The van der Waals surface area contributed by atoms with Gasteiger partial charge in [-0.2, -0.15) is 4.31 Å². The van der Waals surface area contributed by atoms with Crippen molar-refractivity contribution in [3.8, 4) is 5.75 Å². The fourth-order valence-corrected chi connectivity index (χ4v) is 4.82. The zero-order chi connectivity index (χ0) is 27.5. The van der Waals surface area contributed by atoms with E-state index in [1.165, 1.54) is 4.90 Å². The molecule has 0 spiro atoms. The molecular weight excluding hydrogens is 502 g/mol. The van der Waals surface area contributed by atoms with Crippen LogP contribution in [0.4, 0.5) is 0 Å². The molecule has 8 nitrogen and oxygen atoms in total. The van der Waals surface area contributed by atoms with E-state index in [0.717, 1.165) is 27.3 Å². The topological polar surface area (TPSA) is 96.0 Å². The van der Waals surface area contributed by atoms with E-state index in [9.17, 15) is 18.0 Å². The highest BCUT2D eigenvalue weighted by Crippen LogP contribution is 2.19. The maximum Gasteiger partial charge on any atom is 0.243 e. The van der Waals surface area contributed by atoms with Crippen LogP contribution in [-0.2, 0) is 39.1 Å². The Morgan fingerprint density at radius 1 is 0.842 bits per heavy atom. The molecule has 1 N–H and O–H groups in total. The van der Waals surface area contributed by atoms with E-state index in [1.807, 2.05) is 79.7 Å². The molecule has 3 aromatic rings. The number of amides is 2. The van der Waals surface area contributed by atoms with Crippen LogP contribution in [0.2, 0.25) is 0 Å². The molecule has 0 aromatic heterocycles. The summed E-state index contributed by atoms with van der Waals surface area (Å²) in [6.07, 6.45) is 1.37. The predicted octanol–water partition coefficient (Wildman–Crippen LogP) is 3.23. The van der Waals surface area contributed by atoms with Crippen molar-refractivity contribution in [2.24, 2.45) is 0 Å². The average molecular weight is 538 g/mol. The lowest BCUT2D eigenvalue weighted by Gasteiger charge is -2.33. The summed E-state index contributed by atoms with van der Waals surface area (Å²) in [6.45, 7) is 2.00. The molecule has 1 atom stereocenters. The first-order valence-corrected chi connectivity index (χ1v) is 14.3. The minimum Gasteiger partial charge on any atom is -0.497 e. The molecular formula is C29H35N3O5S. The van der Waals surface area contributed by atoms with Crippen molar-refractivity contribution >= 4 is 21.8 Å². The van der Waals surface area contributed by atoms with Crippen LogP contribution in [0.5, 0.6) is 5.75 Å². The van der Waals surface area contributed by atoms with Gasteiger partial charge in [0.15, 0.2) is 0 Å². The third kappa shape index (κ3) is 8.43. The van der Waals surface area contributed by atoms with Crippen LogP contribution in [0.1, 0.15) is 23.6 Å². The van der Waals surface area contributed by atoms with Crippen molar-refractivity contribution < 1.29 is 22.7 Å². The van der Waals surface area contributed by atoms with E-state index in [-0.39, 0.29) is 25.4 Å². The van der Waals surface area contributed by atoms with Gasteiger partial charge in [0.1, 0.15) is 11.8 Å². The predicted molar refractivity (Wildman–Crippen MR) is 148 cm³/mol. The van der Waals surface area contributed by atoms with Gasteiger partial charge in [-0.05, 0) is 35.7 Å². The summed E-state index contributed by atoms with van der Waals surface area (Å²) < 4.78 is 31.8. The molecule has 3 aromatic carbocycles. The molecule has 0 saturated heterocycles. The number of benzene rings is 3. The van der Waals surface area contributed by atoms with Crippen molar-refractivity contribution in [1.82, 2.24) is 14.5 Å². The van der Waals surface area contributed by atoms with E-state index in [4.69, 9.17) is 4.74 Å². The highest BCUT2D eigenvalue weighted by molar-refractivity contribution is 7.88. The number of likely N-dealkylation sites (N-methyl/N-ethyl adjacent to an activating group) is 1. The molecule has 0 aliphatic heterocycles. The Balaban J connectivity index is 1.97. The Hall–Kier alpha value is -3.69. The van der Waals surface area contributed by atoms with Crippen LogP contribution in [0, 0.1) is 0 Å². The summed E-state index contributed by atoms with van der Waals surface area (Å²) in [4.78, 5) is 28.6. The maximum atomic E-state index is 13.9. The monoisotopic (exact) mass is 537 g/mol. The largest absolute Gasteiger partial charge is 0.497 e. The number of ether oxygens (including phenoxy) is 1. The standard InChI is InChI=1S/C29H35N3O5S/c1-4-30-29(34)27(19-23-11-7-5-8-12-23)32(21-25-15-17-26(37-2)18-16-25)28(33)22-31(38(3,35)36)20-24-13-9-6-10-14-24/h5-18,27H,4,19-22H2,1-3H3,(H,30,34)/t27-/m0/s1. The lowest BCUT2D eigenvalue weighted by molar-refractivity contribution is -0.141. The van der Waals surface area contributed by atoms with E-state index in [2.05, 4.69) is 5.32 Å². The van der Waals surface area contributed by atoms with E-state index >= 15 is 0 Å². The molecule has 0 radical (unpaired) electrons. The fraction of sp³-hybridized carbons (Fsp3) is 0.310. The molecule has 9 heteroatoms. The maximum absolute atomic E-state index is 13.9. The minimum atomic E-state index is -3.72. The SMILES string of the molecule is CCNC(=O)[C@H](Cc1ccccc1)N(Cc1ccc(OC)cc1)C(=O)CN(Cc1ccccc1)S(C)(=O)=O.